The monoisotopic (exact) mass is 255 g/mol. The zero-order valence-electron chi connectivity index (χ0n) is 12.0. The van der Waals surface area contributed by atoms with Crippen LogP contribution in [-0.2, 0) is 4.74 Å². The van der Waals surface area contributed by atoms with Crippen LogP contribution in [0.2, 0.25) is 0 Å². The molecule has 106 valence electrons. The van der Waals surface area contributed by atoms with Crippen molar-refractivity contribution in [2.24, 2.45) is 10.7 Å². The third kappa shape index (κ3) is 7.54. The van der Waals surface area contributed by atoms with E-state index in [-0.39, 0.29) is 0 Å². The van der Waals surface area contributed by atoms with E-state index in [9.17, 15) is 0 Å². The first-order valence-electron chi connectivity index (χ1n) is 7.36. The summed E-state index contributed by atoms with van der Waals surface area (Å²) in [5.74, 6) is 0.617. The zero-order chi connectivity index (χ0) is 13.2. The second-order valence-corrected chi connectivity index (χ2v) is 5.37. The van der Waals surface area contributed by atoms with E-state index in [0.717, 1.165) is 26.0 Å². The summed E-state index contributed by atoms with van der Waals surface area (Å²) < 4.78 is 5.48. The van der Waals surface area contributed by atoms with E-state index in [2.05, 4.69) is 24.2 Å². The number of guanidine groups is 1. The van der Waals surface area contributed by atoms with Crippen molar-refractivity contribution in [2.75, 3.05) is 13.2 Å². The number of nitrogens with one attached hydrogen (secondary N) is 1. The van der Waals surface area contributed by atoms with Gasteiger partial charge in [0.25, 0.3) is 0 Å². The first-order chi connectivity index (χ1) is 8.68. The van der Waals surface area contributed by atoms with Gasteiger partial charge in [-0.1, -0.05) is 19.3 Å². The lowest BCUT2D eigenvalue weighted by Crippen LogP contribution is -2.41. The van der Waals surface area contributed by atoms with Gasteiger partial charge in [0.1, 0.15) is 0 Å². The Labute approximate surface area is 111 Å². The van der Waals surface area contributed by atoms with Crippen LogP contribution in [0.4, 0.5) is 0 Å². The molecule has 0 spiro atoms. The molecule has 1 aliphatic carbocycles. The Bertz CT molecular complexity index is 235. The Hall–Kier alpha value is -0.770. The predicted octanol–water partition coefficient (Wildman–Crippen LogP) is 2.43. The molecule has 0 amide bonds. The summed E-state index contributed by atoms with van der Waals surface area (Å²) in [5, 5.41) is 3.32. The van der Waals surface area contributed by atoms with Gasteiger partial charge in [0.15, 0.2) is 5.96 Å². The fraction of sp³-hybridized carbons (Fsp3) is 0.929. The molecule has 18 heavy (non-hydrogen) atoms. The first kappa shape index (κ1) is 15.3. The summed E-state index contributed by atoms with van der Waals surface area (Å²) in [7, 11) is 0. The van der Waals surface area contributed by atoms with Crippen molar-refractivity contribution in [2.45, 2.75) is 70.9 Å². The van der Waals surface area contributed by atoms with Gasteiger partial charge in [0.05, 0.1) is 6.10 Å². The molecule has 0 aliphatic heterocycles. The molecule has 4 heteroatoms. The van der Waals surface area contributed by atoms with Crippen LogP contribution in [0, 0.1) is 0 Å². The average Bonchev–Trinajstić information content (AvgIpc) is 2.34. The second-order valence-electron chi connectivity index (χ2n) is 5.37. The van der Waals surface area contributed by atoms with Crippen LogP contribution in [0.25, 0.3) is 0 Å². The van der Waals surface area contributed by atoms with Crippen LogP contribution in [0.5, 0.6) is 0 Å². The molecule has 0 heterocycles. The Morgan fingerprint density at radius 2 is 2.00 bits per heavy atom. The average molecular weight is 255 g/mol. The van der Waals surface area contributed by atoms with Gasteiger partial charge in [0.2, 0.25) is 0 Å². The van der Waals surface area contributed by atoms with Crippen LogP contribution in [-0.4, -0.2) is 31.3 Å². The summed E-state index contributed by atoms with van der Waals surface area (Å²) in [6.07, 6.45) is 8.89. The van der Waals surface area contributed by atoms with Crippen molar-refractivity contribution >= 4 is 5.96 Å². The highest BCUT2D eigenvalue weighted by atomic mass is 16.5. The number of nitrogens with two attached hydrogens (primary N) is 1. The van der Waals surface area contributed by atoms with Gasteiger partial charge in [-0.05, 0) is 39.5 Å². The van der Waals surface area contributed by atoms with Crippen molar-refractivity contribution in [3.8, 4) is 0 Å². The van der Waals surface area contributed by atoms with E-state index in [1.165, 1.54) is 32.1 Å². The Morgan fingerprint density at radius 1 is 1.28 bits per heavy atom. The van der Waals surface area contributed by atoms with Crippen molar-refractivity contribution in [3.63, 3.8) is 0 Å². The molecule has 0 aromatic rings. The van der Waals surface area contributed by atoms with Crippen molar-refractivity contribution < 1.29 is 4.74 Å². The molecule has 1 saturated carbocycles. The lowest BCUT2D eigenvalue weighted by Gasteiger charge is -2.23. The minimum atomic E-state index is 0.325. The van der Waals surface area contributed by atoms with Gasteiger partial charge in [-0.25, -0.2) is 0 Å². The topological polar surface area (TPSA) is 59.6 Å². The molecule has 0 bridgehead atoms. The standard InChI is InChI=1S/C14H29N3O/c1-12(2)18-11-7-6-10-16-14(15)17-13-8-4-3-5-9-13/h12-13H,3-11H2,1-2H3,(H3,15,16,17). The second kappa shape index (κ2) is 9.20. The van der Waals surface area contributed by atoms with Crippen LogP contribution in [0.3, 0.4) is 0 Å². The van der Waals surface area contributed by atoms with Gasteiger partial charge in [-0.15, -0.1) is 0 Å². The lowest BCUT2D eigenvalue weighted by molar-refractivity contribution is 0.0763. The van der Waals surface area contributed by atoms with Gasteiger partial charge < -0.3 is 15.8 Å². The maximum Gasteiger partial charge on any atom is 0.188 e. The van der Waals surface area contributed by atoms with E-state index in [1.807, 2.05) is 0 Å². The van der Waals surface area contributed by atoms with Crippen molar-refractivity contribution in [1.29, 1.82) is 0 Å². The summed E-state index contributed by atoms with van der Waals surface area (Å²) in [5.41, 5.74) is 5.88. The molecular formula is C14H29N3O. The third-order valence-corrected chi connectivity index (χ3v) is 3.24. The highest BCUT2D eigenvalue weighted by molar-refractivity contribution is 5.78. The Balaban J connectivity index is 2.02. The molecule has 3 N–H and O–H groups in total. The number of aliphatic imine (C=N–C) groups is 1. The molecule has 0 radical (unpaired) electrons. The highest BCUT2D eigenvalue weighted by Crippen LogP contribution is 2.16. The van der Waals surface area contributed by atoms with E-state index < -0.39 is 0 Å². The minimum absolute atomic E-state index is 0.325. The zero-order valence-corrected chi connectivity index (χ0v) is 12.0. The summed E-state index contributed by atoms with van der Waals surface area (Å²) in [6.45, 7) is 5.74. The SMILES string of the molecule is CC(C)OCCCCN=C(N)NC1CCCCC1. The number of hydrogen-bond acceptors (Lipinski definition) is 2. The largest absolute Gasteiger partial charge is 0.379 e. The van der Waals surface area contributed by atoms with Crippen molar-refractivity contribution in [1.82, 2.24) is 5.32 Å². The normalized spacial score (nSPS) is 18.3. The number of ether oxygens (including phenoxy) is 1. The molecule has 0 atom stereocenters. The van der Waals surface area contributed by atoms with E-state index >= 15 is 0 Å². The molecule has 1 aliphatic rings. The molecule has 1 rings (SSSR count). The predicted molar refractivity (Wildman–Crippen MR) is 76.8 cm³/mol. The molecule has 1 fully saturated rings. The van der Waals surface area contributed by atoms with Crippen molar-refractivity contribution in [3.05, 3.63) is 0 Å². The molecule has 0 aromatic heterocycles. The van der Waals surface area contributed by atoms with Gasteiger partial charge in [0, 0.05) is 19.2 Å². The van der Waals surface area contributed by atoms with E-state index in [4.69, 9.17) is 10.5 Å². The molecule has 0 aromatic carbocycles. The van der Waals surface area contributed by atoms with Crippen LogP contribution >= 0.6 is 0 Å². The highest BCUT2D eigenvalue weighted by Gasteiger charge is 2.12. The fourth-order valence-electron chi connectivity index (χ4n) is 2.23. The van der Waals surface area contributed by atoms with Gasteiger partial charge in [-0.2, -0.15) is 0 Å². The fourth-order valence-corrected chi connectivity index (χ4v) is 2.23. The maximum atomic E-state index is 5.88. The summed E-state index contributed by atoms with van der Waals surface area (Å²) in [4.78, 5) is 4.36. The molecular weight excluding hydrogens is 226 g/mol. The summed E-state index contributed by atoms with van der Waals surface area (Å²) in [6, 6.07) is 0.548. The third-order valence-electron chi connectivity index (χ3n) is 3.24. The molecule has 0 saturated heterocycles. The van der Waals surface area contributed by atoms with Gasteiger partial charge >= 0.3 is 0 Å². The first-order valence-corrected chi connectivity index (χ1v) is 7.36. The molecule has 0 unspecified atom stereocenters. The smallest absolute Gasteiger partial charge is 0.188 e. The quantitative estimate of drug-likeness (QED) is 0.417. The number of hydrogen-bond donors (Lipinski definition) is 2. The summed E-state index contributed by atoms with van der Waals surface area (Å²) >= 11 is 0. The molecule has 4 nitrogen and oxygen atoms in total. The lowest BCUT2D eigenvalue weighted by atomic mass is 9.96. The minimum Gasteiger partial charge on any atom is -0.379 e. The van der Waals surface area contributed by atoms with Crippen LogP contribution < -0.4 is 11.1 Å². The van der Waals surface area contributed by atoms with E-state index in [1.54, 1.807) is 0 Å². The Morgan fingerprint density at radius 3 is 2.67 bits per heavy atom. The van der Waals surface area contributed by atoms with Gasteiger partial charge in [-0.3, -0.25) is 4.99 Å². The Kier molecular flexibility index (Phi) is 7.81. The van der Waals surface area contributed by atoms with E-state index in [0.29, 0.717) is 18.1 Å². The van der Waals surface area contributed by atoms with Crippen LogP contribution in [0.1, 0.15) is 58.8 Å². The maximum absolute atomic E-state index is 5.88. The van der Waals surface area contributed by atoms with Crippen LogP contribution in [0.15, 0.2) is 4.99 Å². The number of nitrogens with zero attached hydrogens (tertiary/aromatic N) is 1. The number of unbranched alkanes of at least 4 members (excludes halogenated alkanes) is 1. The number of rotatable bonds is 7.